The molecular formula is C18H28N2O2. The highest BCUT2D eigenvalue weighted by atomic mass is 16.2. The van der Waals surface area contributed by atoms with Crippen molar-refractivity contribution in [3.05, 3.63) is 35.9 Å². The molecule has 0 fully saturated rings. The van der Waals surface area contributed by atoms with E-state index in [0.29, 0.717) is 25.9 Å². The van der Waals surface area contributed by atoms with Gasteiger partial charge in [-0.1, -0.05) is 57.5 Å². The summed E-state index contributed by atoms with van der Waals surface area (Å²) >= 11 is 0. The number of amides is 2. The third kappa shape index (κ3) is 5.51. The van der Waals surface area contributed by atoms with Crippen LogP contribution in [0.1, 0.15) is 52.0 Å². The van der Waals surface area contributed by atoms with Gasteiger partial charge in [-0.3, -0.25) is 9.59 Å². The Morgan fingerprint density at radius 1 is 1.14 bits per heavy atom. The molecule has 122 valence electrons. The Hall–Kier alpha value is -1.84. The number of hydrogen-bond donors (Lipinski definition) is 1. The average Bonchev–Trinajstić information content (AvgIpc) is 2.55. The molecule has 0 heterocycles. The smallest absolute Gasteiger partial charge is 0.242 e. The average molecular weight is 304 g/mol. The van der Waals surface area contributed by atoms with Gasteiger partial charge in [0.25, 0.3) is 0 Å². The van der Waals surface area contributed by atoms with Gasteiger partial charge in [0, 0.05) is 19.5 Å². The normalized spacial score (nSPS) is 11.8. The second-order valence-electron chi connectivity index (χ2n) is 5.43. The third-order valence-corrected chi connectivity index (χ3v) is 3.71. The number of unbranched alkanes of at least 4 members (excludes halogenated alkanes) is 1. The van der Waals surface area contributed by atoms with E-state index in [2.05, 4.69) is 12.2 Å². The summed E-state index contributed by atoms with van der Waals surface area (Å²) in [5.74, 6) is -0.0324. The zero-order valence-corrected chi connectivity index (χ0v) is 14.0. The zero-order chi connectivity index (χ0) is 16.4. The molecule has 0 aliphatic heterocycles. The van der Waals surface area contributed by atoms with Gasteiger partial charge in [0.15, 0.2) is 0 Å². The standard InChI is InChI=1S/C18H28N2O2/c1-4-7-13-19-18(22)16(5-2)20(17(21)6-3)14-15-11-9-8-10-12-15/h8-12,16H,4-7,13-14H2,1-3H3,(H,19,22). The summed E-state index contributed by atoms with van der Waals surface area (Å²) < 4.78 is 0. The van der Waals surface area contributed by atoms with Gasteiger partial charge in [0.1, 0.15) is 6.04 Å². The minimum Gasteiger partial charge on any atom is -0.354 e. The molecule has 0 aromatic heterocycles. The molecular weight excluding hydrogens is 276 g/mol. The molecule has 0 bridgehead atoms. The highest BCUT2D eigenvalue weighted by molar-refractivity contribution is 5.87. The van der Waals surface area contributed by atoms with E-state index >= 15 is 0 Å². The Bertz CT molecular complexity index is 459. The van der Waals surface area contributed by atoms with Crippen molar-refractivity contribution in [2.24, 2.45) is 0 Å². The summed E-state index contributed by atoms with van der Waals surface area (Å²) in [5, 5.41) is 2.95. The lowest BCUT2D eigenvalue weighted by Gasteiger charge is -2.30. The number of nitrogens with zero attached hydrogens (tertiary/aromatic N) is 1. The Morgan fingerprint density at radius 2 is 1.82 bits per heavy atom. The molecule has 4 heteroatoms. The number of nitrogens with one attached hydrogen (secondary N) is 1. The van der Waals surface area contributed by atoms with Crippen LogP contribution in [0.2, 0.25) is 0 Å². The van der Waals surface area contributed by atoms with E-state index in [1.165, 1.54) is 0 Å². The number of hydrogen-bond acceptors (Lipinski definition) is 2. The van der Waals surface area contributed by atoms with Crippen LogP contribution in [0.4, 0.5) is 0 Å². The Morgan fingerprint density at radius 3 is 2.36 bits per heavy atom. The van der Waals surface area contributed by atoms with Crippen LogP contribution in [-0.4, -0.2) is 29.3 Å². The van der Waals surface area contributed by atoms with Gasteiger partial charge in [-0.15, -0.1) is 0 Å². The Balaban J connectivity index is 2.83. The molecule has 1 N–H and O–H groups in total. The number of rotatable bonds is 9. The van der Waals surface area contributed by atoms with E-state index in [-0.39, 0.29) is 11.8 Å². The van der Waals surface area contributed by atoms with E-state index < -0.39 is 6.04 Å². The Labute approximate surface area is 133 Å². The molecule has 0 aliphatic carbocycles. The van der Waals surface area contributed by atoms with Crippen LogP contribution < -0.4 is 5.32 Å². The van der Waals surface area contributed by atoms with Gasteiger partial charge >= 0.3 is 0 Å². The maximum atomic E-state index is 12.4. The molecule has 2 amide bonds. The fraction of sp³-hybridized carbons (Fsp3) is 0.556. The van der Waals surface area contributed by atoms with Crippen molar-refractivity contribution < 1.29 is 9.59 Å². The van der Waals surface area contributed by atoms with Crippen molar-refractivity contribution in [1.82, 2.24) is 10.2 Å². The van der Waals surface area contributed by atoms with Gasteiger partial charge < -0.3 is 10.2 Å². The minimum atomic E-state index is -0.399. The van der Waals surface area contributed by atoms with Gasteiger partial charge in [0.2, 0.25) is 11.8 Å². The third-order valence-electron chi connectivity index (χ3n) is 3.71. The van der Waals surface area contributed by atoms with Crippen LogP contribution in [0.3, 0.4) is 0 Å². The molecule has 1 unspecified atom stereocenters. The lowest BCUT2D eigenvalue weighted by molar-refractivity contribution is -0.141. The monoisotopic (exact) mass is 304 g/mol. The quantitative estimate of drug-likeness (QED) is 0.713. The van der Waals surface area contributed by atoms with E-state index in [1.807, 2.05) is 44.2 Å². The number of carbonyl (C=O) groups excluding carboxylic acids is 2. The number of carbonyl (C=O) groups is 2. The lowest BCUT2D eigenvalue weighted by Crippen LogP contribution is -2.49. The summed E-state index contributed by atoms with van der Waals surface area (Å²) in [6, 6.07) is 9.42. The highest BCUT2D eigenvalue weighted by Crippen LogP contribution is 2.13. The highest BCUT2D eigenvalue weighted by Gasteiger charge is 2.27. The van der Waals surface area contributed by atoms with Gasteiger partial charge in [0.05, 0.1) is 0 Å². The second kappa shape index (κ2) is 9.98. The van der Waals surface area contributed by atoms with Crippen molar-refractivity contribution in [3.63, 3.8) is 0 Å². The van der Waals surface area contributed by atoms with E-state index in [4.69, 9.17) is 0 Å². The molecule has 0 aliphatic rings. The SMILES string of the molecule is CCCCNC(=O)C(CC)N(Cc1ccccc1)C(=O)CC. The first kappa shape index (κ1) is 18.2. The van der Waals surface area contributed by atoms with Gasteiger partial charge in [-0.25, -0.2) is 0 Å². The molecule has 1 aromatic rings. The molecule has 1 atom stereocenters. The Kier molecular flexibility index (Phi) is 8.26. The first-order valence-electron chi connectivity index (χ1n) is 8.25. The second-order valence-corrected chi connectivity index (χ2v) is 5.43. The number of benzene rings is 1. The molecule has 1 aromatic carbocycles. The van der Waals surface area contributed by atoms with E-state index in [0.717, 1.165) is 18.4 Å². The maximum Gasteiger partial charge on any atom is 0.242 e. The summed E-state index contributed by atoms with van der Waals surface area (Å²) in [6.45, 7) is 7.03. The summed E-state index contributed by atoms with van der Waals surface area (Å²) in [4.78, 5) is 26.4. The molecule has 0 saturated carbocycles. The van der Waals surface area contributed by atoms with E-state index in [1.54, 1.807) is 4.90 Å². The molecule has 1 rings (SSSR count). The zero-order valence-electron chi connectivity index (χ0n) is 14.0. The van der Waals surface area contributed by atoms with Gasteiger partial charge in [-0.05, 0) is 18.4 Å². The largest absolute Gasteiger partial charge is 0.354 e. The van der Waals surface area contributed by atoms with Crippen LogP contribution in [0.25, 0.3) is 0 Å². The molecule has 0 saturated heterocycles. The van der Waals surface area contributed by atoms with E-state index in [9.17, 15) is 9.59 Å². The fourth-order valence-electron chi connectivity index (χ4n) is 2.41. The summed E-state index contributed by atoms with van der Waals surface area (Å²) in [5.41, 5.74) is 1.05. The van der Waals surface area contributed by atoms with Crippen LogP contribution in [0.15, 0.2) is 30.3 Å². The van der Waals surface area contributed by atoms with Crippen LogP contribution in [-0.2, 0) is 16.1 Å². The molecule has 0 spiro atoms. The van der Waals surface area contributed by atoms with Crippen LogP contribution in [0.5, 0.6) is 0 Å². The molecule has 4 nitrogen and oxygen atoms in total. The van der Waals surface area contributed by atoms with Crippen molar-refractivity contribution in [2.45, 2.75) is 59.0 Å². The van der Waals surface area contributed by atoms with Crippen molar-refractivity contribution in [3.8, 4) is 0 Å². The minimum absolute atomic E-state index is 0.0151. The summed E-state index contributed by atoms with van der Waals surface area (Å²) in [7, 11) is 0. The van der Waals surface area contributed by atoms with Crippen molar-refractivity contribution in [2.75, 3.05) is 6.54 Å². The lowest BCUT2D eigenvalue weighted by atomic mass is 10.1. The van der Waals surface area contributed by atoms with Gasteiger partial charge in [-0.2, -0.15) is 0 Å². The summed E-state index contributed by atoms with van der Waals surface area (Å²) in [6.07, 6.45) is 3.03. The predicted molar refractivity (Wildman–Crippen MR) is 89.3 cm³/mol. The van der Waals surface area contributed by atoms with Crippen LogP contribution >= 0.6 is 0 Å². The molecule has 22 heavy (non-hydrogen) atoms. The fourth-order valence-corrected chi connectivity index (χ4v) is 2.41. The first-order chi connectivity index (χ1) is 10.6. The maximum absolute atomic E-state index is 12.4. The first-order valence-corrected chi connectivity index (χ1v) is 8.25. The predicted octanol–water partition coefficient (Wildman–Crippen LogP) is 3.12. The van der Waals surface area contributed by atoms with Crippen LogP contribution in [0, 0.1) is 0 Å². The molecule has 0 radical (unpaired) electrons. The van der Waals surface area contributed by atoms with Crippen molar-refractivity contribution >= 4 is 11.8 Å². The topological polar surface area (TPSA) is 49.4 Å². The van der Waals surface area contributed by atoms with Crippen molar-refractivity contribution in [1.29, 1.82) is 0 Å².